The summed E-state index contributed by atoms with van der Waals surface area (Å²) in [6.07, 6.45) is 5.15. The van der Waals surface area contributed by atoms with Crippen molar-refractivity contribution in [1.29, 1.82) is 0 Å². The van der Waals surface area contributed by atoms with Gasteiger partial charge in [0.15, 0.2) is 0 Å². The van der Waals surface area contributed by atoms with E-state index >= 15 is 0 Å². The van der Waals surface area contributed by atoms with Crippen LogP contribution in [-0.4, -0.2) is 44.7 Å². The summed E-state index contributed by atoms with van der Waals surface area (Å²) in [4.78, 5) is 29.6. The first-order valence-corrected chi connectivity index (χ1v) is 7.57. The first-order valence-electron chi connectivity index (χ1n) is 7.57. The summed E-state index contributed by atoms with van der Waals surface area (Å²) in [6.45, 7) is 0.822. The number of hydrogen-bond donors (Lipinski definition) is 1. The molecule has 6 heteroatoms. The Morgan fingerprint density at radius 1 is 1.26 bits per heavy atom. The molecule has 23 heavy (non-hydrogen) atoms. The van der Waals surface area contributed by atoms with Crippen LogP contribution in [0.15, 0.2) is 47.7 Å². The molecule has 2 atom stereocenters. The third-order valence-electron chi connectivity index (χ3n) is 4.27. The maximum absolute atomic E-state index is 12.5. The van der Waals surface area contributed by atoms with Gasteiger partial charge in [-0.15, -0.1) is 0 Å². The monoisotopic (exact) mass is 313 g/mol. The standard InChI is InChI=1S/C17H19N3O3/c1-19-9-13(2-3-16(19)22)17(23)20-10-14(15(21)11-20)8-12-4-6-18-7-5-12/h2-7,9,14-15,21H,8,10-11H2,1H3/t14-,15-/m1/s1. The summed E-state index contributed by atoms with van der Waals surface area (Å²) in [5.41, 5.74) is 1.41. The topological polar surface area (TPSA) is 75.4 Å². The number of pyridine rings is 2. The Morgan fingerprint density at radius 2 is 2.00 bits per heavy atom. The number of aliphatic hydroxyl groups excluding tert-OH is 1. The third kappa shape index (κ3) is 3.32. The van der Waals surface area contributed by atoms with Gasteiger partial charge < -0.3 is 14.6 Å². The highest BCUT2D eigenvalue weighted by Crippen LogP contribution is 2.22. The number of aromatic nitrogens is 2. The van der Waals surface area contributed by atoms with Crippen molar-refractivity contribution >= 4 is 5.91 Å². The van der Waals surface area contributed by atoms with Crippen molar-refractivity contribution in [3.8, 4) is 0 Å². The third-order valence-corrected chi connectivity index (χ3v) is 4.27. The van der Waals surface area contributed by atoms with E-state index in [0.717, 1.165) is 5.56 Å². The van der Waals surface area contributed by atoms with Crippen molar-refractivity contribution in [2.45, 2.75) is 12.5 Å². The molecule has 2 aromatic heterocycles. The van der Waals surface area contributed by atoms with E-state index in [2.05, 4.69) is 4.98 Å². The van der Waals surface area contributed by atoms with E-state index in [1.807, 2.05) is 12.1 Å². The second-order valence-electron chi connectivity index (χ2n) is 5.96. The second kappa shape index (κ2) is 6.34. The van der Waals surface area contributed by atoms with Crippen LogP contribution in [0.4, 0.5) is 0 Å². The number of carbonyl (C=O) groups excluding carboxylic acids is 1. The molecule has 0 bridgehead atoms. The first kappa shape index (κ1) is 15.4. The highest BCUT2D eigenvalue weighted by Gasteiger charge is 2.34. The molecule has 0 saturated carbocycles. The lowest BCUT2D eigenvalue weighted by molar-refractivity contribution is 0.0763. The SMILES string of the molecule is Cn1cc(C(=O)N2C[C@@H](Cc3ccncc3)[C@H](O)C2)ccc1=O. The van der Waals surface area contributed by atoms with Gasteiger partial charge in [-0.25, -0.2) is 0 Å². The first-order chi connectivity index (χ1) is 11.0. The molecule has 0 aromatic carbocycles. The number of aliphatic hydroxyl groups is 1. The van der Waals surface area contributed by atoms with Crippen molar-refractivity contribution < 1.29 is 9.90 Å². The summed E-state index contributed by atoms with van der Waals surface area (Å²) < 4.78 is 1.38. The van der Waals surface area contributed by atoms with Crippen LogP contribution in [0.1, 0.15) is 15.9 Å². The number of rotatable bonds is 3. The number of β-amino-alcohol motifs (C(OH)–C–C–N with tert-alkyl or cyclic N) is 1. The lowest BCUT2D eigenvalue weighted by Gasteiger charge is -2.16. The number of hydrogen-bond acceptors (Lipinski definition) is 4. The van der Waals surface area contributed by atoms with Gasteiger partial charge in [0.2, 0.25) is 5.56 Å². The van der Waals surface area contributed by atoms with Crippen molar-refractivity contribution in [2.24, 2.45) is 13.0 Å². The van der Waals surface area contributed by atoms with Crippen molar-refractivity contribution in [1.82, 2.24) is 14.5 Å². The van der Waals surface area contributed by atoms with Crippen LogP contribution in [-0.2, 0) is 13.5 Å². The summed E-state index contributed by atoms with van der Waals surface area (Å²) in [6, 6.07) is 6.76. The van der Waals surface area contributed by atoms with E-state index in [-0.39, 0.29) is 17.4 Å². The maximum Gasteiger partial charge on any atom is 0.255 e. The molecule has 6 nitrogen and oxygen atoms in total. The van der Waals surface area contributed by atoms with Gasteiger partial charge >= 0.3 is 0 Å². The molecular formula is C17H19N3O3. The van der Waals surface area contributed by atoms with Crippen molar-refractivity contribution in [3.05, 3.63) is 64.3 Å². The van der Waals surface area contributed by atoms with Gasteiger partial charge in [0.05, 0.1) is 11.7 Å². The molecular weight excluding hydrogens is 294 g/mol. The average molecular weight is 313 g/mol. The van der Waals surface area contributed by atoms with E-state index in [1.165, 1.54) is 22.9 Å². The van der Waals surface area contributed by atoms with Crippen molar-refractivity contribution in [3.63, 3.8) is 0 Å². The predicted octanol–water partition coefficient (Wildman–Crippen LogP) is 0.456. The minimum atomic E-state index is -0.542. The van der Waals surface area contributed by atoms with Crippen LogP contribution < -0.4 is 5.56 Å². The molecule has 0 unspecified atom stereocenters. The summed E-state index contributed by atoms with van der Waals surface area (Å²) >= 11 is 0. The lowest BCUT2D eigenvalue weighted by atomic mass is 9.97. The van der Waals surface area contributed by atoms with Crippen LogP contribution in [0.25, 0.3) is 0 Å². The number of carbonyl (C=O) groups is 1. The lowest BCUT2D eigenvalue weighted by Crippen LogP contribution is -2.30. The fourth-order valence-corrected chi connectivity index (χ4v) is 2.95. The van der Waals surface area contributed by atoms with Crippen LogP contribution in [0.2, 0.25) is 0 Å². The number of nitrogens with zero attached hydrogens (tertiary/aromatic N) is 3. The largest absolute Gasteiger partial charge is 0.391 e. The molecule has 0 aliphatic carbocycles. The fourth-order valence-electron chi connectivity index (χ4n) is 2.95. The Hall–Kier alpha value is -2.47. The van der Waals surface area contributed by atoms with E-state index in [4.69, 9.17) is 0 Å². The van der Waals surface area contributed by atoms with Crippen molar-refractivity contribution in [2.75, 3.05) is 13.1 Å². The summed E-state index contributed by atoms with van der Waals surface area (Å²) in [5.74, 6) is -0.147. The molecule has 3 rings (SSSR count). The zero-order chi connectivity index (χ0) is 16.4. The molecule has 1 fully saturated rings. The molecule has 3 heterocycles. The van der Waals surface area contributed by atoms with Gasteiger partial charge in [0.1, 0.15) is 0 Å². The van der Waals surface area contributed by atoms with E-state index < -0.39 is 6.10 Å². The molecule has 0 spiro atoms. The molecule has 1 aliphatic heterocycles. The molecule has 1 N–H and O–H groups in total. The average Bonchev–Trinajstić information content (AvgIpc) is 2.91. The van der Waals surface area contributed by atoms with Gasteiger partial charge in [0, 0.05) is 50.7 Å². The Kier molecular flexibility index (Phi) is 4.25. The van der Waals surface area contributed by atoms with Gasteiger partial charge in [-0.3, -0.25) is 14.6 Å². The van der Waals surface area contributed by atoms with E-state index in [0.29, 0.717) is 25.1 Å². The normalized spacial score (nSPS) is 20.7. The van der Waals surface area contributed by atoms with Crippen LogP contribution in [0.5, 0.6) is 0 Å². The Morgan fingerprint density at radius 3 is 2.70 bits per heavy atom. The highest BCUT2D eigenvalue weighted by atomic mass is 16.3. The number of amides is 1. The van der Waals surface area contributed by atoms with Gasteiger partial charge in [-0.2, -0.15) is 0 Å². The molecule has 2 aromatic rings. The summed E-state index contributed by atoms with van der Waals surface area (Å²) in [5, 5.41) is 10.3. The molecule has 120 valence electrons. The zero-order valence-corrected chi connectivity index (χ0v) is 12.9. The van der Waals surface area contributed by atoms with Gasteiger partial charge in [0.25, 0.3) is 5.91 Å². The quantitative estimate of drug-likeness (QED) is 0.893. The van der Waals surface area contributed by atoms with Gasteiger partial charge in [-0.05, 0) is 30.2 Å². The van der Waals surface area contributed by atoms with Crippen LogP contribution in [0, 0.1) is 5.92 Å². The predicted molar refractivity (Wildman–Crippen MR) is 85.0 cm³/mol. The maximum atomic E-state index is 12.5. The molecule has 1 amide bonds. The molecule has 1 aliphatic rings. The fraction of sp³-hybridized carbons (Fsp3) is 0.353. The molecule has 1 saturated heterocycles. The highest BCUT2D eigenvalue weighted by molar-refractivity contribution is 5.94. The Balaban J connectivity index is 1.71. The minimum absolute atomic E-state index is 0.00822. The Bertz CT molecular complexity index is 757. The zero-order valence-electron chi connectivity index (χ0n) is 12.9. The van der Waals surface area contributed by atoms with Crippen LogP contribution in [0.3, 0.4) is 0 Å². The smallest absolute Gasteiger partial charge is 0.255 e. The Labute approximate surface area is 134 Å². The second-order valence-corrected chi connectivity index (χ2v) is 5.96. The number of likely N-dealkylation sites (tertiary alicyclic amines) is 1. The number of aryl methyl sites for hydroxylation is 1. The van der Waals surface area contributed by atoms with E-state index in [9.17, 15) is 14.7 Å². The minimum Gasteiger partial charge on any atom is -0.391 e. The molecule has 0 radical (unpaired) electrons. The van der Waals surface area contributed by atoms with Crippen LogP contribution >= 0.6 is 0 Å². The van der Waals surface area contributed by atoms with E-state index in [1.54, 1.807) is 24.3 Å². The summed E-state index contributed by atoms with van der Waals surface area (Å²) in [7, 11) is 1.62. The van der Waals surface area contributed by atoms with Gasteiger partial charge in [-0.1, -0.05) is 0 Å².